The maximum Gasteiger partial charge on any atom is 0.330 e. The van der Waals surface area contributed by atoms with Gasteiger partial charge in [-0.3, -0.25) is 0 Å². The summed E-state index contributed by atoms with van der Waals surface area (Å²) in [4.78, 5) is 0. The molecule has 0 spiro atoms. The molecule has 0 aromatic rings. The maximum absolute atomic E-state index is 12.5. The minimum atomic E-state index is -4.13. The molecule has 0 amide bonds. The summed E-state index contributed by atoms with van der Waals surface area (Å²) in [5.74, 6) is -4.09. The zero-order chi connectivity index (χ0) is 12.9. The molecule has 0 aromatic carbocycles. The van der Waals surface area contributed by atoms with E-state index in [0.717, 1.165) is 32.1 Å². The maximum atomic E-state index is 12.5. The summed E-state index contributed by atoms with van der Waals surface area (Å²) >= 11 is 0. The molecule has 1 atom stereocenters. The first-order valence-electron chi connectivity index (χ1n) is 5.85. The fraction of sp³-hybridized carbons (Fsp3) is 1.00. The van der Waals surface area contributed by atoms with E-state index >= 15 is 0 Å². The number of ether oxygens (including phenoxy) is 1. The Hall–Kier alpha value is -0.360. The van der Waals surface area contributed by atoms with Gasteiger partial charge in [0.05, 0.1) is 12.7 Å². The van der Waals surface area contributed by atoms with Gasteiger partial charge in [-0.05, 0) is 18.8 Å². The van der Waals surface area contributed by atoms with Gasteiger partial charge in [0.25, 0.3) is 0 Å². The van der Waals surface area contributed by atoms with Crippen molar-refractivity contribution in [2.24, 2.45) is 5.92 Å². The van der Waals surface area contributed by atoms with Crippen molar-refractivity contribution in [3.63, 3.8) is 0 Å². The summed E-state index contributed by atoms with van der Waals surface area (Å²) in [5, 5.41) is 9.65. The minimum Gasteiger partial charge on any atom is -0.390 e. The van der Waals surface area contributed by atoms with Crippen LogP contribution in [0.3, 0.4) is 0 Å². The third-order valence-corrected chi connectivity index (χ3v) is 3.10. The van der Waals surface area contributed by atoms with E-state index in [9.17, 15) is 22.7 Å². The number of halogens is 4. The van der Waals surface area contributed by atoms with Gasteiger partial charge in [-0.15, -0.1) is 0 Å². The molecule has 17 heavy (non-hydrogen) atoms. The summed E-state index contributed by atoms with van der Waals surface area (Å²) < 4.78 is 53.1. The first kappa shape index (κ1) is 14.7. The third-order valence-electron chi connectivity index (χ3n) is 3.10. The number of hydrogen-bond donors (Lipinski definition) is 1. The highest BCUT2D eigenvalue weighted by Gasteiger charge is 2.41. The summed E-state index contributed by atoms with van der Waals surface area (Å²) in [6.07, 6.45) is 0.265. The molecule has 1 fully saturated rings. The van der Waals surface area contributed by atoms with Crippen molar-refractivity contribution in [3.8, 4) is 0 Å². The molecule has 2 nitrogen and oxygen atoms in total. The van der Waals surface area contributed by atoms with Gasteiger partial charge in [-0.25, -0.2) is 8.78 Å². The number of hydrogen-bond acceptors (Lipinski definition) is 2. The Morgan fingerprint density at radius 3 is 2.29 bits per heavy atom. The van der Waals surface area contributed by atoms with Crippen molar-refractivity contribution < 1.29 is 27.4 Å². The Labute approximate surface area is 98.0 Å². The average molecular weight is 258 g/mol. The van der Waals surface area contributed by atoms with Crippen molar-refractivity contribution >= 4 is 0 Å². The van der Waals surface area contributed by atoms with Crippen LogP contribution >= 0.6 is 0 Å². The van der Waals surface area contributed by atoms with Crippen LogP contribution in [0.5, 0.6) is 0 Å². The van der Waals surface area contributed by atoms with Crippen LogP contribution in [0.4, 0.5) is 17.6 Å². The zero-order valence-electron chi connectivity index (χ0n) is 9.55. The van der Waals surface area contributed by atoms with Gasteiger partial charge in [0.2, 0.25) is 0 Å². The molecule has 0 bridgehead atoms. The van der Waals surface area contributed by atoms with Gasteiger partial charge >= 0.3 is 12.3 Å². The third kappa shape index (κ3) is 4.79. The molecule has 0 heterocycles. The summed E-state index contributed by atoms with van der Waals surface area (Å²) in [6, 6.07) is 0. The van der Waals surface area contributed by atoms with E-state index in [1.807, 2.05) is 0 Å². The lowest BCUT2D eigenvalue weighted by atomic mass is 9.85. The Balaban J connectivity index is 2.21. The standard InChI is InChI=1S/C11H18F4O2/c12-10(13)11(14,15)7-17-6-9(16)8-4-2-1-3-5-8/h8-10,16H,1-7H2. The van der Waals surface area contributed by atoms with E-state index in [4.69, 9.17) is 0 Å². The molecular weight excluding hydrogens is 240 g/mol. The van der Waals surface area contributed by atoms with Crippen LogP contribution in [0.2, 0.25) is 0 Å². The van der Waals surface area contributed by atoms with Crippen LogP contribution in [-0.2, 0) is 4.74 Å². The monoisotopic (exact) mass is 258 g/mol. The van der Waals surface area contributed by atoms with Crippen LogP contribution in [0.25, 0.3) is 0 Å². The van der Waals surface area contributed by atoms with Crippen molar-refractivity contribution in [1.82, 2.24) is 0 Å². The molecule has 0 aliphatic heterocycles. The average Bonchev–Trinajstić information content (AvgIpc) is 2.29. The zero-order valence-corrected chi connectivity index (χ0v) is 9.55. The fourth-order valence-corrected chi connectivity index (χ4v) is 2.03. The van der Waals surface area contributed by atoms with Crippen molar-refractivity contribution in [3.05, 3.63) is 0 Å². The molecule has 0 aromatic heterocycles. The Morgan fingerprint density at radius 1 is 1.18 bits per heavy atom. The molecule has 6 heteroatoms. The Kier molecular flexibility index (Phi) is 5.66. The number of aliphatic hydroxyl groups is 1. The van der Waals surface area contributed by atoms with Gasteiger partial charge in [0.15, 0.2) is 0 Å². The second-order valence-electron chi connectivity index (χ2n) is 4.54. The van der Waals surface area contributed by atoms with E-state index in [-0.39, 0.29) is 12.5 Å². The SMILES string of the molecule is OC(COCC(F)(F)C(F)F)C1CCCCC1. The van der Waals surface area contributed by atoms with Crippen LogP contribution < -0.4 is 0 Å². The largest absolute Gasteiger partial charge is 0.390 e. The highest BCUT2D eigenvalue weighted by Crippen LogP contribution is 2.27. The van der Waals surface area contributed by atoms with Crippen molar-refractivity contribution in [2.45, 2.75) is 50.6 Å². The topological polar surface area (TPSA) is 29.5 Å². The molecule has 1 aliphatic rings. The lowest BCUT2D eigenvalue weighted by Gasteiger charge is -2.26. The van der Waals surface area contributed by atoms with Crippen molar-refractivity contribution in [2.75, 3.05) is 13.2 Å². The Bertz CT molecular complexity index is 218. The summed E-state index contributed by atoms with van der Waals surface area (Å²) in [6.45, 7) is -1.64. The number of aliphatic hydroxyl groups excluding tert-OH is 1. The molecule has 1 aliphatic carbocycles. The lowest BCUT2D eigenvalue weighted by molar-refractivity contribution is -0.172. The highest BCUT2D eigenvalue weighted by atomic mass is 19.3. The molecule has 1 unspecified atom stereocenters. The van der Waals surface area contributed by atoms with Crippen LogP contribution in [0, 0.1) is 5.92 Å². The second-order valence-corrected chi connectivity index (χ2v) is 4.54. The summed E-state index contributed by atoms with van der Waals surface area (Å²) in [5.41, 5.74) is 0. The number of rotatable bonds is 6. The van der Waals surface area contributed by atoms with E-state index in [0.29, 0.717) is 0 Å². The van der Waals surface area contributed by atoms with Gasteiger partial charge in [-0.1, -0.05) is 19.3 Å². The second kappa shape index (κ2) is 6.54. The molecular formula is C11H18F4O2. The normalized spacial score (nSPS) is 20.8. The fourth-order valence-electron chi connectivity index (χ4n) is 2.03. The van der Waals surface area contributed by atoms with Crippen LogP contribution in [-0.4, -0.2) is 36.8 Å². The molecule has 1 N–H and O–H groups in total. The van der Waals surface area contributed by atoms with Gasteiger partial charge < -0.3 is 9.84 Å². The molecule has 102 valence electrons. The first-order chi connectivity index (χ1) is 7.93. The molecule has 1 saturated carbocycles. The molecule has 0 saturated heterocycles. The predicted molar refractivity (Wildman–Crippen MR) is 54.4 cm³/mol. The summed E-state index contributed by atoms with van der Waals surface area (Å²) in [7, 11) is 0. The molecule has 1 rings (SSSR count). The minimum absolute atomic E-state index is 0.0453. The predicted octanol–water partition coefficient (Wildman–Crippen LogP) is 2.84. The first-order valence-corrected chi connectivity index (χ1v) is 5.85. The quantitative estimate of drug-likeness (QED) is 0.742. The van der Waals surface area contributed by atoms with E-state index < -0.39 is 25.1 Å². The van der Waals surface area contributed by atoms with E-state index in [1.54, 1.807) is 0 Å². The van der Waals surface area contributed by atoms with Gasteiger partial charge in [0.1, 0.15) is 6.61 Å². The van der Waals surface area contributed by atoms with Gasteiger partial charge in [0, 0.05) is 0 Å². The van der Waals surface area contributed by atoms with E-state index in [1.165, 1.54) is 0 Å². The van der Waals surface area contributed by atoms with E-state index in [2.05, 4.69) is 4.74 Å². The lowest BCUT2D eigenvalue weighted by Crippen LogP contribution is -2.35. The van der Waals surface area contributed by atoms with Crippen LogP contribution in [0.1, 0.15) is 32.1 Å². The highest BCUT2D eigenvalue weighted by molar-refractivity contribution is 4.74. The van der Waals surface area contributed by atoms with Crippen molar-refractivity contribution in [1.29, 1.82) is 0 Å². The van der Waals surface area contributed by atoms with Crippen LogP contribution in [0.15, 0.2) is 0 Å². The smallest absolute Gasteiger partial charge is 0.330 e. The van der Waals surface area contributed by atoms with Gasteiger partial charge in [-0.2, -0.15) is 8.78 Å². The number of alkyl halides is 4. The Morgan fingerprint density at radius 2 is 1.76 bits per heavy atom. The molecule has 0 radical (unpaired) electrons.